The van der Waals surface area contributed by atoms with E-state index in [9.17, 15) is 19.2 Å². The monoisotopic (exact) mass is 405 g/mol. The Kier molecular flexibility index (Phi) is 5.90. The van der Waals surface area contributed by atoms with Gasteiger partial charge in [0.1, 0.15) is 17.9 Å². The molecule has 3 rings (SSSR count). The van der Waals surface area contributed by atoms with Crippen molar-refractivity contribution in [2.75, 3.05) is 18.5 Å². The molecule has 1 aromatic rings. The van der Waals surface area contributed by atoms with Crippen molar-refractivity contribution in [2.24, 2.45) is 5.92 Å². The van der Waals surface area contributed by atoms with Crippen LogP contribution in [-0.4, -0.2) is 57.2 Å². The van der Waals surface area contributed by atoms with Crippen LogP contribution in [0.2, 0.25) is 0 Å². The van der Waals surface area contributed by atoms with Crippen LogP contribution in [0.4, 0.5) is 10.6 Å². The van der Waals surface area contributed by atoms with Crippen molar-refractivity contribution in [3.63, 3.8) is 0 Å². The maximum Gasteiger partial charge on any atom is 0.326 e. The summed E-state index contributed by atoms with van der Waals surface area (Å²) in [6.45, 7) is 4.73. The minimum atomic E-state index is -0.928. The molecule has 1 saturated heterocycles. The number of carbonyl (C=O) groups excluding carboxylic acids is 4. The Morgan fingerprint density at radius 1 is 1.38 bits per heavy atom. The highest BCUT2D eigenvalue weighted by molar-refractivity contribution is 6.09. The third-order valence-corrected chi connectivity index (χ3v) is 5.58. The summed E-state index contributed by atoms with van der Waals surface area (Å²) in [5.41, 5.74) is -0.928. The number of hydrogen-bond acceptors (Lipinski definition) is 6. The number of urea groups is 1. The maximum atomic E-state index is 12.8. The minimum absolute atomic E-state index is 0.00491. The Bertz CT molecular complexity index is 820. The quantitative estimate of drug-likeness (QED) is 0.545. The lowest BCUT2D eigenvalue weighted by atomic mass is 9.73. The van der Waals surface area contributed by atoms with E-state index >= 15 is 0 Å². The van der Waals surface area contributed by atoms with Crippen molar-refractivity contribution in [3.05, 3.63) is 12.3 Å². The molecule has 2 atom stereocenters. The second-order valence-corrected chi connectivity index (χ2v) is 7.90. The number of imide groups is 1. The van der Waals surface area contributed by atoms with Crippen molar-refractivity contribution in [3.8, 4) is 0 Å². The lowest BCUT2D eigenvalue weighted by Crippen LogP contribution is -2.54. The van der Waals surface area contributed by atoms with Gasteiger partial charge in [0, 0.05) is 12.1 Å². The van der Waals surface area contributed by atoms with Crippen LogP contribution in [0.1, 0.15) is 52.5 Å². The Balaban J connectivity index is 1.53. The normalized spacial score (nSPS) is 24.1. The molecule has 1 saturated carbocycles. The fraction of sp³-hybridized carbons (Fsp3) is 0.632. The predicted octanol–water partition coefficient (Wildman–Crippen LogP) is 1.45. The molecule has 4 amide bonds. The second-order valence-electron chi connectivity index (χ2n) is 7.90. The number of amides is 4. The third kappa shape index (κ3) is 4.10. The first kappa shape index (κ1) is 20.8. The summed E-state index contributed by atoms with van der Waals surface area (Å²) in [5.74, 6) is -1.25. The molecular weight excluding hydrogens is 378 g/mol. The minimum Gasteiger partial charge on any atom is -0.454 e. The van der Waals surface area contributed by atoms with E-state index in [1.54, 1.807) is 16.9 Å². The summed E-state index contributed by atoms with van der Waals surface area (Å²) >= 11 is 0. The number of ether oxygens (including phenoxy) is 1. The molecule has 0 bridgehead atoms. The number of hydrogen-bond donors (Lipinski definition) is 2. The van der Waals surface area contributed by atoms with Crippen LogP contribution in [0, 0.1) is 5.92 Å². The van der Waals surface area contributed by atoms with Crippen molar-refractivity contribution in [1.82, 2.24) is 20.0 Å². The van der Waals surface area contributed by atoms with Crippen molar-refractivity contribution in [2.45, 2.75) is 58.0 Å². The molecule has 2 aliphatic rings. The van der Waals surface area contributed by atoms with E-state index in [1.807, 2.05) is 20.8 Å². The first-order valence-electron chi connectivity index (χ1n) is 9.87. The second kappa shape index (κ2) is 8.22. The zero-order valence-electron chi connectivity index (χ0n) is 16.9. The van der Waals surface area contributed by atoms with Gasteiger partial charge in [0.25, 0.3) is 11.8 Å². The van der Waals surface area contributed by atoms with Crippen LogP contribution in [0.3, 0.4) is 0 Å². The van der Waals surface area contributed by atoms with Crippen LogP contribution in [0.15, 0.2) is 12.3 Å². The zero-order valence-corrected chi connectivity index (χ0v) is 16.9. The predicted molar refractivity (Wildman–Crippen MR) is 103 cm³/mol. The standard InChI is InChI=1S/C19H27N5O5/c1-12(2)24-14(7-9-20-24)21-15(25)11-29-16(26)10-23-17(27)19(22-18(23)28)8-5-4-6-13(19)3/h7,9,12-13H,4-6,8,10-11H2,1-3H3,(H,21,25)(H,22,28)/t13-,19-/m0/s1. The smallest absolute Gasteiger partial charge is 0.326 e. The fourth-order valence-electron chi connectivity index (χ4n) is 3.96. The molecule has 2 fully saturated rings. The Hall–Kier alpha value is -2.91. The van der Waals surface area contributed by atoms with Crippen molar-refractivity contribution >= 4 is 29.6 Å². The first-order chi connectivity index (χ1) is 13.7. The summed E-state index contributed by atoms with van der Waals surface area (Å²) < 4.78 is 6.58. The van der Waals surface area contributed by atoms with Crippen molar-refractivity contribution in [1.29, 1.82) is 0 Å². The van der Waals surface area contributed by atoms with Gasteiger partial charge >= 0.3 is 12.0 Å². The summed E-state index contributed by atoms with van der Waals surface area (Å²) in [6, 6.07) is 1.10. The number of nitrogens with one attached hydrogen (secondary N) is 2. The van der Waals surface area contributed by atoms with Gasteiger partial charge in [-0.25, -0.2) is 9.48 Å². The summed E-state index contributed by atoms with van der Waals surface area (Å²) in [4.78, 5) is 50.2. The van der Waals surface area contributed by atoms with E-state index < -0.39 is 42.5 Å². The average Bonchev–Trinajstić information content (AvgIpc) is 3.22. The maximum absolute atomic E-state index is 12.8. The van der Waals surface area contributed by atoms with Gasteiger partial charge in [-0.05, 0) is 32.6 Å². The number of anilines is 1. The lowest BCUT2D eigenvalue weighted by Gasteiger charge is -2.36. The number of aromatic nitrogens is 2. The van der Waals surface area contributed by atoms with Crippen LogP contribution in [0.25, 0.3) is 0 Å². The van der Waals surface area contributed by atoms with E-state index in [1.165, 1.54) is 0 Å². The number of carbonyl (C=O) groups is 4. The van der Waals surface area contributed by atoms with Gasteiger partial charge in [0.05, 0.1) is 6.20 Å². The van der Waals surface area contributed by atoms with E-state index in [0.717, 1.165) is 24.2 Å². The Labute approximate surface area is 168 Å². The van der Waals surface area contributed by atoms with Crippen LogP contribution in [0.5, 0.6) is 0 Å². The van der Waals surface area contributed by atoms with Gasteiger partial charge < -0.3 is 15.4 Å². The molecule has 1 aliphatic carbocycles. The summed E-state index contributed by atoms with van der Waals surface area (Å²) in [7, 11) is 0. The van der Waals surface area contributed by atoms with Crippen LogP contribution < -0.4 is 10.6 Å². The topological polar surface area (TPSA) is 123 Å². The Morgan fingerprint density at radius 3 is 2.83 bits per heavy atom. The molecule has 10 nitrogen and oxygen atoms in total. The molecule has 1 aromatic heterocycles. The molecule has 10 heteroatoms. The largest absolute Gasteiger partial charge is 0.454 e. The highest BCUT2D eigenvalue weighted by atomic mass is 16.5. The molecule has 0 aromatic carbocycles. The van der Waals surface area contributed by atoms with Gasteiger partial charge in [0.15, 0.2) is 6.61 Å². The van der Waals surface area contributed by atoms with Gasteiger partial charge in [0.2, 0.25) is 0 Å². The molecule has 2 heterocycles. The molecule has 158 valence electrons. The third-order valence-electron chi connectivity index (χ3n) is 5.58. The van der Waals surface area contributed by atoms with Gasteiger partial charge in [-0.15, -0.1) is 0 Å². The van der Waals surface area contributed by atoms with Crippen LogP contribution >= 0.6 is 0 Å². The number of esters is 1. The van der Waals surface area contributed by atoms with E-state index in [4.69, 9.17) is 4.74 Å². The van der Waals surface area contributed by atoms with Crippen LogP contribution in [-0.2, 0) is 19.1 Å². The zero-order chi connectivity index (χ0) is 21.2. The summed E-state index contributed by atoms with van der Waals surface area (Å²) in [5, 5.41) is 9.49. The highest BCUT2D eigenvalue weighted by Crippen LogP contribution is 2.38. The van der Waals surface area contributed by atoms with E-state index in [2.05, 4.69) is 15.7 Å². The molecule has 1 aliphatic heterocycles. The molecule has 2 N–H and O–H groups in total. The van der Waals surface area contributed by atoms with E-state index in [0.29, 0.717) is 12.2 Å². The first-order valence-corrected chi connectivity index (χ1v) is 9.87. The fourth-order valence-corrected chi connectivity index (χ4v) is 3.96. The molecular formula is C19H27N5O5. The highest BCUT2D eigenvalue weighted by Gasteiger charge is 2.55. The molecule has 29 heavy (non-hydrogen) atoms. The lowest BCUT2D eigenvalue weighted by molar-refractivity contribution is -0.150. The Morgan fingerprint density at radius 2 is 2.14 bits per heavy atom. The van der Waals surface area contributed by atoms with Gasteiger partial charge in [-0.3, -0.25) is 19.3 Å². The average molecular weight is 405 g/mol. The van der Waals surface area contributed by atoms with Gasteiger partial charge in [-0.2, -0.15) is 5.10 Å². The van der Waals surface area contributed by atoms with E-state index in [-0.39, 0.29) is 12.0 Å². The van der Waals surface area contributed by atoms with Crippen molar-refractivity contribution < 1.29 is 23.9 Å². The molecule has 0 radical (unpaired) electrons. The molecule has 0 unspecified atom stereocenters. The summed E-state index contributed by atoms with van der Waals surface area (Å²) in [6.07, 6.45) is 4.83. The molecule has 1 spiro atoms. The number of nitrogens with zero attached hydrogens (tertiary/aromatic N) is 3. The SMILES string of the molecule is CC(C)n1nccc1NC(=O)COC(=O)CN1C(=O)N[C@]2(CCCC[C@@H]2C)C1=O. The number of rotatable bonds is 6. The van der Waals surface area contributed by atoms with Gasteiger partial charge in [-0.1, -0.05) is 19.8 Å².